The average molecular weight is 863 g/mol. The maximum atomic E-state index is 2.38. The molecule has 0 nitrogen and oxygen atoms in total. The van der Waals surface area contributed by atoms with Crippen molar-refractivity contribution < 1.29 is 0 Å². The van der Waals surface area contributed by atoms with Gasteiger partial charge in [0.25, 0.3) is 0 Å². The quantitative estimate of drug-likeness (QED) is 0.100. The lowest BCUT2D eigenvalue weighted by Crippen LogP contribution is -1.95. The molecule has 0 unspecified atom stereocenters. The van der Waals surface area contributed by atoms with E-state index < -0.39 is 0 Å². The van der Waals surface area contributed by atoms with E-state index in [1.165, 1.54) is 121 Å². The van der Waals surface area contributed by atoms with Crippen LogP contribution in [0.25, 0.3) is 123 Å². The van der Waals surface area contributed by atoms with Crippen molar-refractivity contribution in [3.8, 4) is 55.6 Å². The van der Waals surface area contributed by atoms with Gasteiger partial charge < -0.3 is 0 Å². The van der Waals surface area contributed by atoms with Crippen molar-refractivity contribution in [1.82, 2.24) is 0 Å². The number of hydrogen-bond acceptors (Lipinski definition) is 0. The van der Waals surface area contributed by atoms with Gasteiger partial charge in [0.1, 0.15) is 0 Å². The largest absolute Gasteiger partial charge is 0.0622 e. The van der Waals surface area contributed by atoms with E-state index in [0.717, 1.165) is 0 Å². The Kier molecular flexibility index (Phi) is 10.7. The van der Waals surface area contributed by atoms with Crippen molar-refractivity contribution >= 4 is 67.4 Å². The average Bonchev–Trinajstić information content (AvgIpc) is 3.41. The van der Waals surface area contributed by atoms with Gasteiger partial charge in [0, 0.05) is 0 Å². The standard InChI is InChI=1S/C68H46/c1-4-19-47(20-5-1)37-39-49-23-16-27-52(45-49)54-41-43-63(59-31-12-10-29-57(54)59)66-61-33-14-15-34-62(61)68(67-56(35-18-36-65(66)67)51-25-8-3-9-26-51)64-44-42-55(58-30-11-13-32-60(58)64)53-28-17-24-50(46-53)40-38-48-21-6-2-7-22-48/h1-46H/b39-37+,40-38+. The van der Waals surface area contributed by atoms with E-state index in [2.05, 4.69) is 279 Å². The van der Waals surface area contributed by atoms with E-state index in [9.17, 15) is 0 Å². The van der Waals surface area contributed by atoms with Crippen molar-refractivity contribution in [3.05, 3.63) is 277 Å². The molecule has 0 radical (unpaired) electrons. The maximum absolute atomic E-state index is 2.38. The van der Waals surface area contributed by atoms with Gasteiger partial charge in [-0.05, 0) is 133 Å². The van der Waals surface area contributed by atoms with Gasteiger partial charge in [-0.25, -0.2) is 0 Å². The third-order valence-electron chi connectivity index (χ3n) is 13.5. The van der Waals surface area contributed by atoms with Crippen molar-refractivity contribution in [2.75, 3.05) is 0 Å². The van der Waals surface area contributed by atoms with Crippen molar-refractivity contribution in [3.63, 3.8) is 0 Å². The van der Waals surface area contributed by atoms with Crippen LogP contribution in [-0.2, 0) is 0 Å². The summed E-state index contributed by atoms with van der Waals surface area (Å²) in [6, 6.07) is 93.1. The molecule has 12 aromatic carbocycles. The van der Waals surface area contributed by atoms with Crippen LogP contribution in [0.1, 0.15) is 22.3 Å². The molecule has 0 spiro atoms. The Morgan fingerprint density at radius 2 is 0.529 bits per heavy atom. The third kappa shape index (κ3) is 7.59. The summed E-state index contributed by atoms with van der Waals surface area (Å²) < 4.78 is 0. The molecule has 0 aromatic heterocycles. The molecule has 0 aliphatic rings. The Morgan fingerprint density at radius 1 is 0.191 bits per heavy atom. The Hall–Kier alpha value is -8.84. The van der Waals surface area contributed by atoms with Crippen LogP contribution >= 0.6 is 0 Å². The highest BCUT2D eigenvalue weighted by Gasteiger charge is 2.23. The summed E-state index contributed by atoms with van der Waals surface area (Å²) in [6.45, 7) is 0. The van der Waals surface area contributed by atoms with Crippen LogP contribution in [0.3, 0.4) is 0 Å². The van der Waals surface area contributed by atoms with Crippen LogP contribution in [-0.4, -0.2) is 0 Å². The predicted octanol–water partition coefficient (Wildman–Crippen LogP) is 19.0. The first-order chi connectivity index (χ1) is 33.7. The Bertz CT molecular complexity index is 3870. The van der Waals surface area contributed by atoms with E-state index in [4.69, 9.17) is 0 Å². The summed E-state index contributed by atoms with van der Waals surface area (Å²) in [5.74, 6) is 0. The summed E-state index contributed by atoms with van der Waals surface area (Å²) in [7, 11) is 0. The molecule has 0 aliphatic heterocycles. The Balaban J connectivity index is 1.07. The lowest BCUT2D eigenvalue weighted by atomic mass is 9.80. The minimum atomic E-state index is 1.17. The molecule has 12 aromatic rings. The number of benzene rings is 12. The van der Waals surface area contributed by atoms with Gasteiger partial charge in [0.2, 0.25) is 0 Å². The van der Waals surface area contributed by atoms with Gasteiger partial charge in [0.05, 0.1) is 0 Å². The predicted molar refractivity (Wildman–Crippen MR) is 294 cm³/mol. The summed E-state index contributed by atoms with van der Waals surface area (Å²) in [4.78, 5) is 0. The number of rotatable bonds is 9. The van der Waals surface area contributed by atoms with E-state index in [-0.39, 0.29) is 0 Å². The minimum absolute atomic E-state index is 1.17. The first kappa shape index (κ1) is 40.7. The van der Waals surface area contributed by atoms with Crippen molar-refractivity contribution in [2.45, 2.75) is 0 Å². The normalized spacial score (nSPS) is 11.7. The van der Waals surface area contributed by atoms with E-state index in [1.807, 2.05) is 0 Å². The van der Waals surface area contributed by atoms with Crippen molar-refractivity contribution in [1.29, 1.82) is 0 Å². The SMILES string of the molecule is C(=C\c1cccc(-c2ccc(-c3c4ccccc4c(-c4ccc(-c5cccc(/C=C/c6ccccc6)c5)c5ccccc45)c4c(-c5ccccc5)cccc34)c3ccccc23)c1)/c1ccccc1. The number of fused-ring (bicyclic) bond motifs is 4. The zero-order chi connectivity index (χ0) is 45.2. The van der Waals surface area contributed by atoms with Crippen LogP contribution in [0, 0.1) is 0 Å². The second-order valence-electron chi connectivity index (χ2n) is 17.5. The molecule has 0 bridgehead atoms. The van der Waals surface area contributed by atoms with E-state index in [0.29, 0.717) is 0 Å². The summed E-state index contributed by atoms with van der Waals surface area (Å²) in [5, 5.41) is 9.88. The summed E-state index contributed by atoms with van der Waals surface area (Å²) in [6.07, 6.45) is 8.79. The molecule has 318 valence electrons. The van der Waals surface area contributed by atoms with Crippen LogP contribution in [0.4, 0.5) is 0 Å². The molecule has 0 saturated heterocycles. The summed E-state index contributed by atoms with van der Waals surface area (Å²) in [5.41, 5.74) is 16.9. The lowest BCUT2D eigenvalue weighted by molar-refractivity contribution is 1.61. The number of hydrogen-bond donors (Lipinski definition) is 0. The van der Waals surface area contributed by atoms with Gasteiger partial charge in [0.15, 0.2) is 0 Å². The monoisotopic (exact) mass is 862 g/mol. The van der Waals surface area contributed by atoms with Crippen LogP contribution in [0.15, 0.2) is 255 Å². The molecule has 0 atom stereocenters. The lowest BCUT2D eigenvalue weighted by Gasteiger charge is -2.23. The Labute approximate surface area is 398 Å². The third-order valence-corrected chi connectivity index (χ3v) is 13.5. The summed E-state index contributed by atoms with van der Waals surface area (Å²) >= 11 is 0. The first-order valence-corrected chi connectivity index (χ1v) is 23.5. The van der Waals surface area contributed by atoms with Gasteiger partial charge in [-0.1, -0.05) is 267 Å². The van der Waals surface area contributed by atoms with Gasteiger partial charge in [-0.2, -0.15) is 0 Å². The molecule has 0 heterocycles. The van der Waals surface area contributed by atoms with Gasteiger partial charge in [-0.3, -0.25) is 0 Å². The molecule has 68 heavy (non-hydrogen) atoms. The molecule has 0 N–H and O–H groups in total. The molecular weight excluding hydrogens is 817 g/mol. The van der Waals surface area contributed by atoms with Gasteiger partial charge >= 0.3 is 0 Å². The fourth-order valence-electron chi connectivity index (χ4n) is 10.3. The van der Waals surface area contributed by atoms with Gasteiger partial charge in [-0.15, -0.1) is 0 Å². The van der Waals surface area contributed by atoms with E-state index in [1.54, 1.807) is 0 Å². The fourth-order valence-corrected chi connectivity index (χ4v) is 10.3. The molecule has 0 amide bonds. The highest BCUT2D eigenvalue weighted by molar-refractivity contribution is 6.28. The zero-order valence-electron chi connectivity index (χ0n) is 37.6. The van der Waals surface area contributed by atoms with Crippen LogP contribution in [0.2, 0.25) is 0 Å². The topological polar surface area (TPSA) is 0 Å². The van der Waals surface area contributed by atoms with Crippen LogP contribution in [0.5, 0.6) is 0 Å². The van der Waals surface area contributed by atoms with Crippen LogP contribution < -0.4 is 0 Å². The molecule has 12 rings (SSSR count). The highest BCUT2D eigenvalue weighted by Crippen LogP contribution is 2.50. The maximum Gasteiger partial charge on any atom is -0.00139 e. The molecule has 0 heteroatoms. The Morgan fingerprint density at radius 3 is 1.04 bits per heavy atom. The molecule has 0 aliphatic carbocycles. The first-order valence-electron chi connectivity index (χ1n) is 23.5. The molecule has 0 fully saturated rings. The van der Waals surface area contributed by atoms with E-state index >= 15 is 0 Å². The molecular formula is C68H46. The zero-order valence-corrected chi connectivity index (χ0v) is 37.6. The minimum Gasteiger partial charge on any atom is -0.0622 e. The smallest absolute Gasteiger partial charge is 0.00139 e. The van der Waals surface area contributed by atoms with Crippen molar-refractivity contribution in [2.24, 2.45) is 0 Å². The highest BCUT2D eigenvalue weighted by atomic mass is 14.3. The fraction of sp³-hybridized carbons (Fsp3) is 0. The second kappa shape index (κ2) is 17.9. The second-order valence-corrected chi connectivity index (χ2v) is 17.5. The molecule has 0 saturated carbocycles.